The number of rotatable bonds is 5. The van der Waals surface area contributed by atoms with E-state index >= 15 is 0 Å². The lowest BCUT2D eigenvalue weighted by Crippen LogP contribution is -2.50. The van der Waals surface area contributed by atoms with Gasteiger partial charge in [0.25, 0.3) is 10.2 Å². The normalized spacial score (nSPS) is 25.5. The van der Waals surface area contributed by atoms with Crippen LogP contribution in [0.4, 0.5) is 0 Å². The molecule has 0 N–H and O–H groups in total. The summed E-state index contributed by atoms with van der Waals surface area (Å²) >= 11 is 0. The first-order valence-electron chi connectivity index (χ1n) is 6.63. The number of piperidine rings is 1. The Balaban J connectivity index is 2.84. The maximum atomic E-state index is 12.5. The van der Waals surface area contributed by atoms with Crippen molar-refractivity contribution in [3.63, 3.8) is 0 Å². The number of carbonyl (C=O) groups excluding carboxylic acids is 1. The fraction of sp³-hybridized carbons (Fsp3) is 0.917. The third-order valence-corrected chi connectivity index (χ3v) is 5.36. The van der Waals surface area contributed by atoms with Gasteiger partial charge in [-0.25, -0.2) is 0 Å². The van der Waals surface area contributed by atoms with Gasteiger partial charge in [-0.2, -0.15) is 17.0 Å². The Morgan fingerprint density at radius 1 is 1.32 bits per heavy atom. The van der Waals surface area contributed by atoms with Gasteiger partial charge in [-0.3, -0.25) is 4.79 Å². The zero-order valence-electron chi connectivity index (χ0n) is 12.1. The molecule has 2 unspecified atom stereocenters. The van der Waals surface area contributed by atoms with Crippen molar-refractivity contribution >= 4 is 16.2 Å². The predicted molar refractivity (Wildman–Crippen MR) is 72.7 cm³/mol. The lowest BCUT2D eigenvalue weighted by atomic mass is 9.94. The number of ether oxygens (including phenoxy) is 1. The summed E-state index contributed by atoms with van der Waals surface area (Å²) in [4.78, 5) is 11.3. The quantitative estimate of drug-likeness (QED) is 0.700. The second-order valence-corrected chi connectivity index (χ2v) is 7.20. The molecular weight excluding hydrogens is 268 g/mol. The molecule has 1 heterocycles. The highest BCUT2D eigenvalue weighted by atomic mass is 32.2. The number of methoxy groups -OCH3 is 1. The Kier molecular flexibility index (Phi) is 5.76. The zero-order chi connectivity index (χ0) is 14.6. The Labute approximate surface area is 115 Å². The summed E-state index contributed by atoms with van der Waals surface area (Å²) in [5, 5.41) is 0. The van der Waals surface area contributed by atoms with E-state index in [2.05, 4.69) is 18.6 Å². The Bertz CT molecular complexity index is 400. The van der Waals surface area contributed by atoms with Crippen LogP contribution < -0.4 is 0 Å². The molecule has 0 aromatic heterocycles. The molecule has 7 heteroatoms. The molecule has 1 aliphatic heterocycles. The van der Waals surface area contributed by atoms with Crippen molar-refractivity contribution < 1.29 is 17.9 Å². The van der Waals surface area contributed by atoms with Crippen molar-refractivity contribution in [2.75, 3.05) is 33.3 Å². The minimum absolute atomic E-state index is 0.228. The summed E-state index contributed by atoms with van der Waals surface area (Å²) in [6, 6.07) is 0. The van der Waals surface area contributed by atoms with Gasteiger partial charge in [0.05, 0.1) is 7.11 Å². The van der Waals surface area contributed by atoms with E-state index in [-0.39, 0.29) is 13.1 Å². The molecule has 0 aromatic rings. The van der Waals surface area contributed by atoms with Crippen LogP contribution in [-0.2, 0) is 19.7 Å². The van der Waals surface area contributed by atoms with Crippen molar-refractivity contribution in [3.8, 4) is 0 Å². The number of hydrogen-bond donors (Lipinski definition) is 0. The molecule has 1 aliphatic rings. The molecule has 0 spiro atoms. The molecule has 0 aromatic carbocycles. The van der Waals surface area contributed by atoms with Crippen LogP contribution in [-0.4, -0.2) is 56.3 Å². The summed E-state index contributed by atoms with van der Waals surface area (Å²) in [5.74, 6) is 0.147. The molecule has 2 atom stereocenters. The van der Waals surface area contributed by atoms with E-state index in [1.807, 2.05) is 0 Å². The summed E-state index contributed by atoms with van der Waals surface area (Å²) in [6.45, 7) is 6.89. The van der Waals surface area contributed by atoms with Crippen molar-refractivity contribution in [3.05, 3.63) is 0 Å². The van der Waals surface area contributed by atoms with Gasteiger partial charge in [0.2, 0.25) is 0 Å². The molecular formula is C12H24N2O4S. The highest BCUT2D eigenvalue weighted by Gasteiger charge is 2.35. The first kappa shape index (κ1) is 16.4. The van der Waals surface area contributed by atoms with Gasteiger partial charge in [0, 0.05) is 19.6 Å². The average molecular weight is 292 g/mol. The van der Waals surface area contributed by atoms with Crippen LogP contribution in [0.3, 0.4) is 0 Å². The van der Waals surface area contributed by atoms with E-state index in [1.165, 1.54) is 15.7 Å². The Morgan fingerprint density at radius 3 is 2.26 bits per heavy atom. The largest absolute Gasteiger partial charge is 0.468 e. The molecule has 1 fully saturated rings. The maximum Gasteiger partial charge on any atom is 0.321 e. The molecule has 1 rings (SSSR count). The molecule has 6 nitrogen and oxygen atoms in total. The standard InChI is InChI=1S/C12H24N2O4S/c1-5-13(9-12(15)18-4)19(16,17)14-7-10(2)6-11(3)8-14/h10-11H,5-9H2,1-4H3. The second-order valence-electron chi connectivity index (χ2n) is 5.27. The van der Waals surface area contributed by atoms with Gasteiger partial charge in [0.1, 0.15) is 6.54 Å². The van der Waals surface area contributed by atoms with Crippen molar-refractivity contribution in [2.24, 2.45) is 11.8 Å². The van der Waals surface area contributed by atoms with Crippen LogP contribution in [0.25, 0.3) is 0 Å². The third kappa shape index (κ3) is 4.15. The van der Waals surface area contributed by atoms with E-state index < -0.39 is 16.2 Å². The molecule has 19 heavy (non-hydrogen) atoms. The molecule has 112 valence electrons. The van der Waals surface area contributed by atoms with E-state index in [1.54, 1.807) is 6.92 Å². The van der Waals surface area contributed by atoms with E-state index in [0.29, 0.717) is 24.9 Å². The van der Waals surface area contributed by atoms with E-state index in [4.69, 9.17) is 0 Å². The lowest BCUT2D eigenvalue weighted by molar-refractivity contribution is -0.140. The molecule has 0 aliphatic carbocycles. The summed E-state index contributed by atoms with van der Waals surface area (Å²) < 4.78 is 32.2. The Hall–Kier alpha value is -0.660. The monoisotopic (exact) mass is 292 g/mol. The topological polar surface area (TPSA) is 66.9 Å². The first-order chi connectivity index (χ1) is 8.81. The first-order valence-corrected chi connectivity index (χ1v) is 8.03. The maximum absolute atomic E-state index is 12.5. The fourth-order valence-corrected chi connectivity index (χ4v) is 4.33. The number of carbonyl (C=O) groups is 1. The van der Waals surface area contributed by atoms with Crippen molar-refractivity contribution in [1.29, 1.82) is 0 Å². The molecule has 0 radical (unpaired) electrons. The van der Waals surface area contributed by atoms with Crippen LogP contribution in [0, 0.1) is 11.8 Å². The highest BCUT2D eigenvalue weighted by Crippen LogP contribution is 2.24. The molecule has 0 bridgehead atoms. The van der Waals surface area contributed by atoms with E-state index in [9.17, 15) is 13.2 Å². The minimum atomic E-state index is -3.58. The van der Waals surface area contributed by atoms with E-state index in [0.717, 1.165) is 6.42 Å². The predicted octanol–water partition coefficient (Wildman–Crippen LogP) is 0.704. The SMILES string of the molecule is CCN(CC(=O)OC)S(=O)(=O)N1CC(C)CC(C)C1. The fourth-order valence-electron chi connectivity index (χ4n) is 2.52. The van der Waals surface area contributed by atoms with Gasteiger partial charge in [-0.1, -0.05) is 20.8 Å². The summed E-state index contributed by atoms with van der Waals surface area (Å²) in [6.07, 6.45) is 1.04. The van der Waals surface area contributed by atoms with Crippen LogP contribution in [0.15, 0.2) is 0 Å². The molecule has 0 saturated carbocycles. The summed E-state index contributed by atoms with van der Waals surface area (Å²) in [5.41, 5.74) is 0. The highest BCUT2D eigenvalue weighted by molar-refractivity contribution is 7.86. The number of hydrogen-bond acceptors (Lipinski definition) is 4. The van der Waals surface area contributed by atoms with Gasteiger partial charge < -0.3 is 4.74 Å². The zero-order valence-corrected chi connectivity index (χ0v) is 12.9. The van der Waals surface area contributed by atoms with Gasteiger partial charge in [0.15, 0.2) is 0 Å². The van der Waals surface area contributed by atoms with Crippen molar-refractivity contribution in [2.45, 2.75) is 27.2 Å². The minimum Gasteiger partial charge on any atom is -0.468 e. The van der Waals surface area contributed by atoms with Crippen LogP contribution in [0.5, 0.6) is 0 Å². The molecule has 0 amide bonds. The third-order valence-electron chi connectivity index (χ3n) is 3.37. The summed E-state index contributed by atoms with van der Waals surface area (Å²) in [7, 11) is -2.32. The van der Waals surface area contributed by atoms with Crippen LogP contribution >= 0.6 is 0 Å². The lowest BCUT2D eigenvalue weighted by Gasteiger charge is -2.36. The Morgan fingerprint density at radius 2 is 1.84 bits per heavy atom. The number of nitrogens with zero attached hydrogens (tertiary/aromatic N) is 2. The number of esters is 1. The average Bonchev–Trinajstić information content (AvgIpc) is 2.34. The van der Waals surface area contributed by atoms with Crippen molar-refractivity contribution in [1.82, 2.24) is 8.61 Å². The second kappa shape index (κ2) is 6.67. The smallest absolute Gasteiger partial charge is 0.321 e. The molecule has 1 saturated heterocycles. The van der Waals surface area contributed by atoms with Gasteiger partial charge >= 0.3 is 5.97 Å². The number of likely N-dealkylation sites (N-methyl/N-ethyl adjacent to an activating group) is 1. The van der Waals surface area contributed by atoms with Gasteiger partial charge in [-0.15, -0.1) is 0 Å². The van der Waals surface area contributed by atoms with Crippen LogP contribution in [0.1, 0.15) is 27.2 Å². The van der Waals surface area contributed by atoms with Gasteiger partial charge in [-0.05, 0) is 18.3 Å². The van der Waals surface area contributed by atoms with Crippen LogP contribution in [0.2, 0.25) is 0 Å².